The fraction of sp³-hybridized carbons (Fsp3) is 0.333. The van der Waals surface area contributed by atoms with Crippen molar-refractivity contribution in [2.45, 2.75) is 40.2 Å². The van der Waals surface area contributed by atoms with Gasteiger partial charge in [-0.25, -0.2) is 9.59 Å². The number of methoxy groups -OCH3 is 1. The van der Waals surface area contributed by atoms with E-state index in [2.05, 4.69) is 36.6 Å². The molecular formula is C21H24Br2O4. The number of esters is 2. The second kappa shape index (κ2) is 10.0. The molecule has 0 saturated heterocycles. The Kier molecular flexibility index (Phi) is 8.69. The van der Waals surface area contributed by atoms with Crippen LogP contribution in [0.2, 0.25) is 0 Å². The summed E-state index contributed by atoms with van der Waals surface area (Å²) in [5.74, 6) is -0.580. The average molecular weight is 500 g/mol. The van der Waals surface area contributed by atoms with Crippen LogP contribution in [0, 0.1) is 13.8 Å². The predicted molar refractivity (Wildman–Crippen MR) is 114 cm³/mol. The smallest absolute Gasteiger partial charge is 0.338 e. The first-order chi connectivity index (χ1) is 12.4. The summed E-state index contributed by atoms with van der Waals surface area (Å²) in [6.45, 7) is 9.44. The number of carbonyl (C=O) groups is 2. The van der Waals surface area contributed by atoms with Gasteiger partial charge in [-0.2, -0.15) is 0 Å². The Bertz CT molecular complexity index is 823. The monoisotopic (exact) mass is 498 g/mol. The van der Waals surface area contributed by atoms with Crippen molar-refractivity contribution >= 4 is 43.8 Å². The molecule has 0 aliphatic rings. The zero-order chi connectivity index (χ0) is 20.8. The summed E-state index contributed by atoms with van der Waals surface area (Å²) in [6, 6.07) is 10.8. The van der Waals surface area contributed by atoms with Crippen LogP contribution in [0.1, 0.15) is 52.6 Å². The number of hydrogen-bond donors (Lipinski definition) is 0. The van der Waals surface area contributed by atoms with Crippen LogP contribution in [-0.4, -0.2) is 24.6 Å². The van der Waals surface area contributed by atoms with Gasteiger partial charge in [-0.3, -0.25) is 0 Å². The number of ether oxygens (including phenoxy) is 2. The molecule has 4 nitrogen and oxygen atoms in total. The third-order valence-electron chi connectivity index (χ3n) is 3.37. The molecule has 2 aromatic rings. The molecule has 6 heteroatoms. The summed E-state index contributed by atoms with van der Waals surface area (Å²) in [7, 11) is 1.37. The fourth-order valence-electron chi connectivity index (χ4n) is 2.00. The molecule has 2 aromatic carbocycles. The van der Waals surface area contributed by atoms with Gasteiger partial charge in [-0.05, 0) is 82.1 Å². The van der Waals surface area contributed by atoms with Crippen molar-refractivity contribution in [1.82, 2.24) is 0 Å². The zero-order valence-corrected chi connectivity index (χ0v) is 19.5. The number of hydrogen-bond acceptors (Lipinski definition) is 4. The van der Waals surface area contributed by atoms with Gasteiger partial charge >= 0.3 is 11.9 Å². The Labute approximate surface area is 177 Å². The molecule has 27 heavy (non-hydrogen) atoms. The molecule has 0 amide bonds. The van der Waals surface area contributed by atoms with Gasteiger partial charge in [0.2, 0.25) is 0 Å². The molecule has 0 bridgehead atoms. The van der Waals surface area contributed by atoms with E-state index in [1.807, 2.05) is 52.8 Å². The SMILES string of the molecule is COC(=O)c1ccc(Br)c(C)c1.Cc1cc(C(=O)OC(C)(C)C)ccc1Br. The van der Waals surface area contributed by atoms with E-state index in [0.717, 1.165) is 20.1 Å². The normalized spacial score (nSPS) is 10.5. The second-order valence-corrected chi connectivity index (χ2v) is 8.63. The lowest BCUT2D eigenvalue weighted by Crippen LogP contribution is -2.23. The second-order valence-electron chi connectivity index (χ2n) is 6.92. The molecule has 0 unspecified atom stereocenters. The molecular weight excluding hydrogens is 476 g/mol. The van der Waals surface area contributed by atoms with E-state index in [0.29, 0.717) is 11.1 Å². The molecule has 0 aromatic heterocycles. The Balaban J connectivity index is 0.000000277. The van der Waals surface area contributed by atoms with E-state index in [1.54, 1.807) is 18.2 Å². The number of carbonyl (C=O) groups excluding carboxylic acids is 2. The summed E-state index contributed by atoms with van der Waals surface area (Å²) in [5, 5.41) is 0. The fourth-order valence-corrected chi connectivity index (χ4v) is 2.49. The Morgan fingerprint density at radius 1 is 0.815 bits per heavy atom. The number of aryl methyl sites for hydroxylation is 2. The molecule has 0 radical (unpaired) electrons. The van der Waals surface area contributed by atoms with E-state index >= 15 is 0 Å². The van der Waals surface area contributed by atoms with E-state index in [4.69, 9.17) is 4.74 Å². The van der Waals surface area contributed by atoms with Gasteiger partial charge in [0.1, 0.15) is 5.60 Å². The maximum Gasteiger partial charge on any atom is 0.338 e. The Hall–Kier alpha value is -1.66. The van der Waals surface area contributed by atoms with Crippen LogP contribution < -0.4 is 0 Å². The van der Waals surface area contributed by atoms with Gasteiger partial charge in [0, 0.05) is 8.95 Å². The lowest BCUT2D eigenvalue weighted by Gasteiger charge is -2.19. The van der Waals surface area contributed by atoms with E-state index in [9.17, 15) is 9.59 Å². The van der Waals surface area contributed by atoms with Crippen LogP contribution in [0.25, 0.3) is 0 Å². The van der Waals surface area contributed by atoms with Crippen molar-refractivity contribution in [2.75, 3.05) is 7.11 Å². The topological polar surface area (TPSA) is 52.6 Å². The average Bonchev–Trinajstić information content (AvgIpc) is 2.58. The van der Waals surface area contributed by atoms with E-state index < -0.39 is 5.60 Å². The Morgan fingerprint density at radius 2 is 1.22 bits per heavy atom. The minimum absolute atomic E-state index is 0.280. The minimum Gasteiger partial charge on any atom is -0.465 e. The molecule has 0 spiro atoms. The first-order valence-electron chi connectivity index (χ1n) is 8.28. The maximum atomic E-state index is 11.7. The van der Waals surface area contributed by atoms with Gasteiger partial charge in [0.15, 0.2) is 0 Å². The van der Waals surface area contributed by atoms with Gasteiger partial charge < -0.3 is 9.47 Å². The third kappa shape index (κ3) is 7.85. The quantitative estimate of drug-likeness (QED) is 0.457. The van der Waals surface area contributed by atoms with Gasteiger partial charge in [-0.15, -0.1) is 0 Å². The number of benzene rings is 2. The highest BCUT2D eigenvalue weighted by atomic mass is 79.9. The molecule has 0 saturated carbocycles. The highest BCUT2D eigenvalue weighted by Gasteiger charge is 2.17. The van der Waals surface area contributed by atoms with E-state index in [1.165, 1.54) is 7.11 Å². The summed E-state index contributed by atoms with van der Waals surface area (Å²) in [6.07, 6.45) is 0. The molecule has 0 aliphatic carbocycles. The van der Waals surface area contributed by atoms with Crippen molar-refractivity contribution in [3.05, 3.63) is 67.6 Å². The van der Waals surface area contributed by atoms with Crippen LogP contribution in [0.5, 0.6) is 0 Å². The number of halogens is 2. The highest BCUT2D eigenvalue weighted by Crippen LogP contribution is 2.19. The molecule has 0 heterocycles. The van der Waals surface area contributed by atoms with Crippen molar-refractivity contribution < 1.29 is 19.1 Å². The highest BCUT2D eigenvalue weighted by molar-refractivity contribution is 9.10. The molecule has 146 valence electrons. The third-order valence-corrected chi connectivity index (χ3v) is 5.15. The predicted octanol–water partition coefficient (Wildman–Crippen LogP) is 6.26. The van der Waals surface area contributed by atoms with Crippen LogP contribution in [0.3, 0.4) is 0 Å². The van der Waals surface area contributed by atoms with Crippen LogP contribution in [0.15, 0.2) is 45.3 Å². The standard InChI is InChI=1S/C12H15BrO2.C9H9BrO2/c1-8-7-9(5-6-10(8)13)11(14)15-12(2,3)4;1-6-5-7(9(11)12-2)3-4-8(6)10/h5-7H,1-4H3;3-5H,1-2H3. The largest absolute Gasteiger partial charge is 0.465 e. The first kappa shape index (κ1) is 23.4. The first-order valence-corrected chi connectivity index (χ1v) is 9.87. The molecule has 2 rings (SSSR count). The van der Waals surface area contributed by atoms with Gasteiger partial charge in [0.05, 0.1) is 18.2 Å². The van der Waals surface area contributed by atoms with Gasteiger partial charge in [0.25, 0.3) is 0 Å². The summed E-state index contributed by atoms with van der Waals surface area (Å²) in [4.78, 5) is 22.7. The van der Waals surface area contributed by atoms with Crippen LogP contribution in [-0.2, 0) is 9.47 Å². The zero-order valence-electron chi connectivity index (χ0n) is 16.4. The van der Waals surface area contributed by atoms with Crippen molar-refractivity contribution in [3.8, 4) is 0 Å². The lowest BCUT2D eigenvalue weighted by molar-refractivity contribution is 0.00692. The maximum absolute atomic E-state index is 11.7. The summed E-state index contributed by atoms with van der Waals surface area (Å²) >= 11 is 6.74. The van der Waals surface area contributed by atoms with Gasteiger partial charge in [-0.1, -0.05) is 31.9 Å². The lowest BCUT2D eigenvalue weighted by atomic mass is 10.1. The molecule has 0 fully saturated rings. The van der Waals surface area contributed by atoms with Crippen LogP contribution in [0.4, 0.5) is 0 Å². The van der Waals surface area contributed by atoms with Crippen molar-refractivity contribution in [2.24, 2.45) is 0 Å². The van der Waals surface area contributed by atoms with Crippen molar-refractivity contribution in [3.63, 3.8) is 0 Å². The van der Waals surface area contributed by atoms with Crippen molar-refractivity contribution in [1.29, 1.82) is 0 Å². The number of rotatable bonds is 2. The molecule has 0 atom stereocenters. The van der Waals surface area contributed by atoms with Crippen LogP contribution >= 0.6 is 31.9 Å². The molecule has 0 N–H and O–H groups in total. The minimum atomic E-state index is -0.446. The summed E-state index contributed by atoms with van der Waals surface area (Å²) < 4.78 is 11.8. The van der Waals surface area contributed by atoms with E-state index in [-0.39, 0.29) is 11.9 Å². The Morgan fingerprint density at radius 3 is 1.56 bits per heavy atom. The molecule has 0 aliphatic heterocycles. The summed E-state index contributed by atoms with van der Waals surface area (Å²) in [5.41, 5.74) is 2.78.